The average Bonchev–Trinajstić information content (AvgIpc) is 2.99. The van der Waals surface area contributed by atoms with Gasteiger partial charge in [-0.15, -0.1) is 0 Å². The number of imide groups is 1. The number of anilines is 1. The lowest BCUT2D eigenvalue weighted by molar-refractivity contribution is -0.133. The minimum Gasteiger partial charge on any atom is -0.319 e. The predicted molar refractivity (Wildman–Crippen MR) is 90.6 cm³/mol. The van der Waals surface area contributed by atoms with Crippen LogP contribution < -0.4 is 10.6 Å². The third kappa shape index (κ3) is 2.92. The van der Waals surface area contributed by atoms with Crippen LogP contribution in [0.25, 0.3) is 0 Å². The maximum atomic E-state index is 14.1. The monoisotopic (exact) mass is 359 g/mol. The summed E-state index contributed by atoms with van der Waals surface area (Å²) in [5, 5.41) is 9.16. The third-order valence-corrected chi connectivity index (χ3v) is 4.26. The lowest BCUT2D eigenvalue weighted by Gasteiger charge is -2.22. The molecule has 1 aliphatic rings. The molecule has 136 valence electrons. The van der Waals surface area contributed by atoms with Gasteiger partial charge in [0, 0.05) is 18.7 Å². The van der Waals surface area contributed by atoms with E-state index < -0.39 is 35.7 Å². The first kappa shape index (κ1) is 17.6. The van der Waals surface area contributed by atoms with Crippen molar-refractivity contribution in [3.63, 3.8) is 0 Å². The highest BCUT2D eigenvalue weighted by atomic mass is 19.1. The van der Waals surface area contributed by atoms with E-state index in [1.54, 1.807) is 26.1 Å². The predicted octanol–water partition coefficient (Wildman–Crippen LogP) is 1.27. The molecule has 9 heteroatoms. The first-order valence-corrected chi connectivity index (χ1v) is 7.92. The van der Waals surface area contributed by atoms with Crippen LogP contribution in [0.2, 0.25) is 0 Å². The Morgan fingerprint density at radius 2 is 2.04 bits per heavy atom. The van der Waals surface area contributed by atoms with Crippen molar-refractivity contribution >= 4 is 23.7 Å². The molecule has 1 aliphatic heterocycles. The van der Waals surface area contributed by atoms with Crippen LogP contribution in [0.4, 0.5) is 15.0 Å². The van der Waals surface area contributed by atoms with Gasteiger partial charge in [0.2, 0.25) is 5.91 Å². The van der Waals surface area contributed by atoms with E-state index in [9.17, 15) is 18.8 Å². The van der Waals surface area contributed by atoms with E-state index in [-0.39, 0.29) is 5.56 Å². The molecule has 1 fully saturated rings. The molecule has 8 nitrogen and oxygen atoms in total. The summed E-state index contributed by atoms with van der Waals surface area (Å²) >= 11 is 0. The highest BCUT2D eigenvalue weighted by Crippen LogP contribution is 2.30. The van der Waals surface area contributed by atoms with Crippen molar-refractivity contribution in [3.8, 4) is 0 Å². The fourth-order valence-corrected chi connectivity index (χ4v) is 2.94. The van der Waals surface area contributed by atoms with Crippen LogP contribution in [0.15, 0.2) is 30.3 Å². The summed E-state index contributed by atoms with van der Waals surface area (Å²) in [5.74, 6) is -1.42. The van der Waals surface area contributed by atoms with Crippen molar-refractivity contribution in [1.82, 2.24) is 20.0 Å². The third-order valence-electron chi connectivity index (χ3n) is 4.26. The maximum absolute atomic E-state index is 14.1. The Hall–Kier alpha value is -3.23. The molecule has 0 radical (unpaired) electrons. The summed E-state index contributed by atoms with van der Waals surface area (Å²) in [7, 11) is 1.66. The number of aryl methyl sites for hydroxylation is 2. The van der Waals surface area contributed by atoms with Gasteiger partial charge >= 0.3 is 6.03 Å². The van der Waals surface area contributed by atoms with Crippen molar-refractivity contribution in [2.45, 2.75) is 19.4 Å². The van der Waals surface area contributed by atoms with Crippen LogP contribution in [0, 0.1) is 12.7 Å². The van der Waals surface area contributed by atoms with Crippen molar-refractivity contribution in [2.75, 3.05) is 11.9 Å². The summed E-state index contributed by atoms with van der Waals surface area (Å²) in [4.78, 5) is 37.9. The zero-order valence-electron chi connectivity index (χ0n) is 14.5. The Morgan fingerprint density at radius 3 is 2.65 bits per heavy atom. The van der Waals surface area contributed by atoms with Crippen LogP contribution in [0.1, 0.15) is 18.2 Å². The van der Waals surface area contributed by atoms with Gasteiger partial charge in [-0.25, -0.2) is 9.18 Å². The molecule has 26 heavy (non-hydrogen) atoms. The summed E-state index contributed by atoms with van der Waals surface area (Å²) in [6.07, 6.45) is 0. The molecule has 0 bridgehead atoms. The van der Waals surface area contributed by atoms with E-state index in [1.165, 1.54) is 29.8 Å². The van der Waals surface area contributed by atoms with E-state index in [0.29, 0.717) is 11.5 Å². The van der Waals surface area contributed by atoms with Crippen molar-refractivity contribution in [3.05, 3.63) is 47.4 Å². The number of urea groups is 1. The Morgan fingerprint density at radius 1 is 1.35 bits per heavy atom. The zero-order chi connectivity index (χ0) is 19.1. The van der Waals surface area contributed by atoms with Gasteiger partial charge in [-0.2, -0.15) is 5.10 Å². The molecule has 1 atom stereocenters. The van der Waals surface area contributed by atoms with Gasteiger partial charge in [-0.3, -0.25) is 19.2 Å². The fourth-order valence-electron chi connectivity index (χ4n) is 2.94. The minimum absolute atomic E-state index is 0.0449. The highest BCUT2D eigenvalue weighted by molar-refractivity contribution is 6.10. The lowest BCUT2D eigenvalue weighted by Crippen LogP contribution is -2.42. The molecule has 3 rings (SSSR count). The van der Waals surface area contributed by atoms with E-state index >= 15 is 0 Å². The Bertz CT molecular complexity index is 910. The van der Waals surface area contributed by atoms with E-state index in [4.69, 9.17) is 0 Å². The normalized spacial score (nSPS) is 19.6. The van der Waals surface area contributed by atoms with Gasteiger partial charge < -0.3 is 10.6 Å². The number of aromatic nitrogens is 2. The summed E-state index contributed by atoms with van der Waals surface area (Å²) in [6.45, 7) is 2.69. The molecule has 1 aromatic heterocycles. The molecule has 2 heterocycles. The van der Waals surface area contributed by atoms with Crippen LogP contribution in [0.5, 0.6) is 0 Å². The Balaban J connectivity index is 1.78. The zero-order valence-corrected chi connectivity index (χ0v) is 14.5. The average molecular weight is 359 g/mol. The molecular weight excluding hydrogens is 341 g/mol. The molecular formula is C17H18FN5O3. The minimum atomic E-state index is -1.56. The van der Waals surface area contributed by atoms with Gasteiger partial charge in [0.15, 0.2) is 0 Å². The SMILES string of the molecule is Cc1cc(NC(=O)CN2C(=O)NC(C)(c3ccccc3F)C2=O)n(C)n1. The van der Waals surface area contributed by atoms with Crippen LogP contribution in [-0.4, -0.2) is 39.1 Å². The molecule has 1 saturated heterocycles. The number of hydrogen-bond donors (Lipinski definition) is 2. The van der Waals surface area contributed by atoms with E-state index in [2.05, 4.69) is 15.7 Å². The lowest BCUT2D eigenvalue weighted by atomic mass is 9.91. The van der Waals surface area contributed by atoms with Gasteiger partial charge in [0.05, 0.1) is 5.69 Å². The topological polar surface area (TPSA) is 96.3 Å². The number of nitrogens with zero attached hydrogens (tertiary/aromatic N) is 3. The summed E-state index contributed by atoms with van der Waals surface area (Å²) < 4.78 is 15.6. The van der Waals surface area contributed by atoms with Crippen LogP contribution in [-0.2, 0) is 22.2 Å². The Labute approximate surface area is 149 Å². The van der Waals surface area contributed by atoms with Gasteiger partial charge in [0.1, 0.15) is 23.7 Å². The quantitative estimate of drug-likeness (QED) is 0.804. The number of carbonyl (C=O) groups excluding carboxylic acids is 3. The van der Waals surface area contributed by atoms with Crippen LogP contribution >= 0.6 is 0 Å². The largest absolute Gasteiger partial charge is 0.325 e. The van der Waals surface area contributed by atoms with Crippen molar-refractivity contribution in [2.24, 2.45) is 7.05 Å². The number of benzene rings is 1. The molecule has 0 aliphatic carbocycles. The van der Waals surface area contributed by atoms with Gasteiger partial charge in [-0.05, 0) is 19.9 Å². The Kier molecular flexibility index (Phi) is 4.23. The summed E-state index contributed by atoms with van der Waals surface area (Å²) in [6, 6.07) is 6.61. The summed E-state index contributed by atoms with van der Waals surface area (Å²) in [5.41, 5.74) is -0.806. The van der Waals surface area contributed by atoms with Crippen LogP contribution in [0.3, 0.4) is 0 Å². The molecule has 0 saturated carbocycles. The van der Waals surface area contributed by atoms with Gasteiger partial charge in [-0.1, -0.05) is 18.2 Å². The highest BCUT2D eigenvalue weighted by Gasteiger charge is 2.50. The number of rotatable bonds is 4. The second-order valence-electron chi connectivity index (χ2n) is 6.27. The number of nitrogens with one attached hydrogen (secondary N) is 2. The van der Waals surface area contributed by atoms with E-state index in [1.807, 2.05) is 0 Å². The second kappa shape index (κ2) is 6.25. The molecule has 4 amide bonds. The molecule has 2 N–H and O–H groups in total. The second-order valence-corrected chi connectivity index (χ2v) is 6.27. The van der Waals surface area contributed by atoms with Crippen molar-refractivity contribution in [1.29, 1.82) is 0 Å². The van der Waals surface area contributed by atoms with Gasteiger partial charge in [0.25, 0.3) is 5.91 Å². The number of halogens is 1. The number of carbonyl (C=O) groups is 3. The maximum Gasteiger partial charge on any atom is 0.325 e. The fraction of sp³-hybridized carbons (Fsp3) is 0.294. The molecule has 1 unspecified atom stereocenters. The number of amides is 4. The standard InChI is InChI=1S/C17H18FN5O3/c1-10-8-13(22(3)21-10)19-14(24)9-23-15(25)17(2,20-16(23)26)11-6-4-5-7-12(11)18/h4-8H,9H2,1-3H3,(H,19,24)(H,20,26). The van der Waals surface area contributed by atoms with Crippen molar-refractivity contribution < 1.29 is 18.8 Å². The first-order chi connectivity index (χ1) is 12.2. The molecule has 0 spiro atoms. The smallest absolute Gasteiger partial charge is 0.319 e. The number of hydrogen-bond acceptors (Lipinski definition) is 4. The molecule has 2 aromatic rings. The first-order valence-electron chi connectivity index (χ1n) is 7.92. The molecule has 1 aromatic carbocycles. The van der Waals surface area contributed by atoms with E-state index in [0.717, 1.165) is 4.90 Å².